The van der Waals surface area contributed by atoms with Gasteiger partial charge in [0.2, 0.25) is 17.4 Å². The molecule has 0 aliphatic rings. The number of benzene rings is 1. The van der Waals surface area contributed by atoms with Crippen molar-refractivity contribution in [2.75, 3.05) is 5.32 Å². The minimum absolute atomic E-state index is 0.366. The molecule has 1 N–H and O–H groups in total. The molecule has 13 heteroatoms. The number of nitrogens with zero attached hydrogens (tertiary/aromatic N) is 4. The lowest BCUT2D eigenvalue weighted by Crippen LogP contribution is -2.13. The molecule has 1 aromatic carbocycles. The van der Waals surface area contributed by atoms with Crippen LogP contribution in [-0.2, 0) is 11.0 Å². The van der Waals surface area contributed by atoms with Crippen LogP contribution in [0.2, 0.25) is 10.0 Å². The number of nitrogens with one attached hydrogen (secondary N) is 1. The van der Waals surface area contributed by atoms with Crippen LogP contribution >= 0.6 is 23.2 Å². The molecule has 2 aromatic rings. The van der Waals surface area contributed by atoms with Crippen LogP contribution in [0.5, 0.6) is 0 Å². The Morgan fingerprint density at radius 1 is 1.38 bits per heavy atom. The van der Waals surface area contributed by atoms with E-state index in [0.29, 0.717) is 16.8 Å². The van der Waals surface area contributed by atoms with Crippen LogP contribution in [0.3, 0.4) is 0 Å². The van der Waals surface area contributed by atoms with E-state index in [1.165, 1.54) is 6.07 Å². The third-order valence-electron chi connectivity index (χ3n) is 3.00. The fraction of sp³-hybridized carbons (Fsp3) is 0.154. The zero-order valence-electron chi connectivity index (χ0n) is 12.6. The van der Waals surface area contributed by atoms with Crippen LogP contribution in [0.4, 0.5) is 24.7 Å². The normalized spacial score (nSPS) is 11.1. The summed E-state index contributed by atoms with van der Waals surface area (Å²) in [7, 11) is 0. The molecule has 0 atom stereocenters. The molecule has 8 nitrogen and oxygen atoms in total. The topological polar surface area (TPSA) is 114 Å². The van der Waals surface area contributed by atoms with Crippen molar-refractivity contribution in [1.29, 1.82) is 5.26 Å². The Morgan fingerprint density at radius 3 is 2.31 bits per heavy atom. The van der Waals surface area contributed by atoms with Crippen molar-refractivity contribution in [2.45, 2.75) is 13.1 Å². The second-order valence-corrected chi connectivity index (χ2v) is 5.61. The first-order chi connectivity index (χ1) is 12.0. The van der Waals surface area contributed by atoms with Gasteiger partial charge in [0.1, 0.15) is 11.8 Å². The summed E-state index contributed by atoms with van der Waals surface area (Å²) >= 11 is 11.7. The first-order valence-corrected chi connectivity index (χ1v) is 7.24. The Kier molecular flexibility index (Phi) is 5.11. The summed E-state index contributed by atoms with van der Waals surface area (Å²) in [5, 5.41) is 24.9. The van der Waals surface area contributed by atoms with Gasteiger partial charge >= 0.3 is 11.9 Å². The molecule has 0 saturated heterocycles. The molecule has 0 saturated carbocycles. The summed E-state index contributed by atoms with van der Waals surface area (Å²) in [6.07, 6.45) is -4.74. The Labute approximate surface area is 152 Å². The van der Waals surface area contributed by atoms with E-state index in [-0.39, 0.29) is 5.69 Å². The third kappa shape index (κ3) is 3.56. The summed E-state index contributed by atoms with van der Waals surface area (Å²) in [6, 6.07) is 2.55. The van der Waals surface area contributed by atoms with Gasteiger partial charge in [-0.1, -0.05) is 23.2 Å². The molecular formula is C13H6Cl2F3N5O3. The van der Waals surface area contributed by atoms with E-state index in [1.54, 1.807) is 0 Å². The maximum absolute atomic E-state index is 12.8. The van der Waals surface area contributed by atoms with Gasteiger partial charge in [0.25, 0.3) is 0 Å². The standard InChI is InChI=1S/C13H6Cl2F3N5O3/c1-5(24)20-12-11(23(25)26)9(4-19)21-22(12)10-7(14)2-6(3-8(10)15)13(16,17)18/h2-3H,1H3,(H,20,24). The van der Waals surface area contributed by atoms with Gasteiger partial charge in [0.05, 0.1) is 20.5 Å². The van der Waals surface area contributed by atoms with Crippen molar-refractivity contribution in [3.8, 4) is 11.8 Å². The fourth-order valence-electron chi connectivity index (χ4n) is 2.03. The van der Waals surface area contributed by atoms with Gasteiger partial charge in [-0.25, -0.2) is 4.68 Å². The molecular weight excluding hydrogens is 402 g/mol. The second-order valence-electron chi connectivity index (χ2n) is 4.79. The zero-order chi connectivity index (χ0) is 19.8. The minimum Gasteiger partial charge on any atom is -0.305 e. The average Bonchev–Trinajstić information content (AvgIpc) is 2.83. The third-order valence-corrected chi connectivity index (χ3v) is 3.58. The number of carbonyl (C=O) groups excluding carboxylic acids is 1. The quantitative estimate of drug-likeness (QED) is 0.611. The van der Waals surface area contributed by atoms with Crippen LogP contribution in [-0.4, -0.2) is 20.6 Å². The molecule has 1 amide bonds. The highest BCUT2D eigenvalue weighted by atomic mass is 35.5. The van der Waals surface area contributed by atoms with Crippen LogP contribution in [0, 0.1) is 21.4 Å². The predicted molar refractivity (Wildman–Crippen MR) is 84.3 cm³/mol. The molecule has 0 bridgehead atoms. The van der Waals surface area contributed by atoms with Crippen LogP contribution in [0.1, 0.15) is 18.2 Å². The van der Waals surface area contributed by atoms with E-state index in [9.17, 15) is 28.1 Å². The molecule has 1 aromatic heterocycles. The van der Waals surface area contributed by atoms with E-state index >= 15 is 0 Å². The SMILES string of the molecule is CC(=O)Nc1c([N+](=O)[O-])c(C#N)nn1-c1c(Cl)cc(C(F)(F)F)cc1Cl. The number of carbonyl (C=O) groups is 1. The van der Waals surface area contributed by atoms with Crippen molar-refractivity contribution in [2.24, 2.45) is 0 Å². The molecule has 136 valence electrons. The van der Waals surface area contributed by atoms with Gasteiger partial charge in [0, 0.05) is 6.92 Å². The minimum atomic E-state index is -4.74. The van der Waals surface area contributed by atoms with E-state index in [4.69, 9.17) is 28.5 Å². The van der Waals surface area contributed by atoms with E-state index < -0.39 is 49.8 Å². The predicted octanol–water partition coefficient (Wildman–Crippen LogP) is 3.94. The van der Waals surface area contributed by atoms with Gasteiger partial charge in [-0.2, -0.15) is 18.4 Å². The van der Waals surface area contributed by atoms with Crippen LogP contribution in [0.15, 0.2) is 12.1 Å². The van der Waals surface area contributed by atoms with Crippen LogP contribution in [0.25, 0.3) is 5.69 Å². The van der Waals surface area contributed by atoms with Crippen molar-refractivity contribution in [3.63, 3.8) is 0 Å². The Balaban J connectivity index is 2.83. The van der Waals surface area contributed by atoms with Gasteiger partial charge in [-0.15, -0.1) is 5.10 Å². The van der Waals surface area contributed by atoms with Crippen molar-refractivity contribution < 1.29 is 22.9 Å². The second kappa shape index (κ2) is 6.81. The highest BCUT2D eigenvalue weighted by Gasteiger charge is 2.34. The highest BCUT2D eigenvalue weighted by molar-refractivity contribution is 6.38. The Hall–Kier alpha value is -2.84. The molecule has 0 fully saturated rings. The number of anilines is 1. The number of halogens is 5. The molecule has 26 heavy (non-hydrogen) atoms. The first-order valence-electron chi connectivity index (χ1n) is 6.49. The Morgan fingerprint density at radius 2 is 1.92 bits per heavy atom. The lowest BCUT2D eigenvalue weighted by atomic mass is 10.2. The van der Waals surface area contributed by atoms with Crippen molar-refractivity contribution in [3.05, 3.63) is 43.5 Å². The number of nitro groups is 1. The summed E-state index contributed by atoms with van der Waals surface area (Å²) in [5.74, 6) is -1.32. The maximum Gasteiger partial charge on any atom is 0.416 e. The van der Waals surface area contributed by atoms with Crippen molar-refractivity contribution >= 4 is 40.6 Å². The molecule has 0 unspecified atom stereocenters. The lowest BCUT2D eigenvalue weighted by molar-refractivity contribution is -0.384. The van der Waals surface area contributed by atoms with Gasteiger partial charge in [0.15, 0.2) is 0 Å². The van der Waals surface area contributed by atoms with Gasteiger partial charge in [-0.3, -0.25) is 14.9 Å². The van der Waals surface area contributed by atoms with E-state index in [0.717, 1.165) is 6.92 Å². The van der Waals surface area contributed by atoms with Gasteiger partial charge in [-0.05, 0) is 12.1 Å². The van der Waals surface area contributed by atoms with Crippen molar-refractivity contribution in [1.82, 2.24) is 9.78 Å². The molecule has 2 rings (SSSR count). The summed E-state index contributed by atoms with van der Waals surface area (Å²) in [6.45, 7) is 1.03. The monoisotopic (exact) mass is 407 g/mol. The molecule has 0 radical (unpaired) electrons. The summed E-state index contributed by atoms with van der Waals surface area (Å²) < 4.78 is 39.1. The van der Waals surface area contributed by atoms with Crippen LogP contribution < -0.4 is 5.32 Å². The number of hydrogen-bond acceptors (Lipinski definition) is 5. The van der Waals surface area contributed by atoms with E-state index in [1.807, 2.05) is 0 Å². The summed E-state index contributed by atoms with van der Waals surface area (Å²) in [5.41, 5.74) is -3.06. The average molecular weight is 408 g/mol. The number of aromatic nitrogens is 2. The molecule has 1 heterocycles. The number of alkyl halides is 3. The summed E-state index contributed by atoms with van der Waals surface area (Å²) in [4.78, 5) is 21.6. The fourth-order valence-corrected chi connectivity index (χ4v) is 2.68. The number of hydrogen-bond donors (Lipinski definition) is 1. The number of rotatable bonds is 3. The largest absolute Gasteiger partial charge is 0.416 e. The zero-order valence-corrected chi connectivity index (χ0v) is 14.1. The Bertz CT molecular complexity index is 942. The van der Waals surface area contributed by atoms with Gasteiger partial charge < -0.3 is 5.32 Å². The first kappa shape index (κ1) is 19.5. The van der Waals surface area contributed by atoms with E-state index in [2.05, 4.69) is 10.4 Å². The number of amides is 1. The number of nitriles is 1. The molecule has 0 spiro atoms. The lowest BCUT2D eigenvalue weighted by Gasteiger charge is -2.13. The highest BCUT2D eigenvalue weighted by Crippen LogP contribution is 2.40. The molecule has 0 aliphatic heterocycles. The maximum atomic E-state index is 12.8. The smallest absolute Gasteiger partial charge is 0.305 e. The molecule has 0 aliphatic carbocycles.